The topological polar surface area (TPSA) is 75.4 Å². The molecule has 1 aliphatic rings. The Kier molecular flexibility index (Phi) is 2.40. The van der Waals surface area contributed by atoms with Crippen LogP contribution in [-0.4, -0.2) is 15.1 Å². The highest BCUT2D eigenvalue weighted by molar-refractivity contribution is 7.98. The van der Waals surface area contributed by atoms with Crippen LogP contribution < -0.4 is 14.2 Å². The van der Waals surface area contributed by atoms with E-state index >= 15 is 0 Å². The maximum Gasteiger partial charge on any atom is 0.300 e. The smallest absolute Gasteiger partial charge is 0.242 e. The van der Waals surface area contributed by atoms with Crippen molar-refractivity contribution in [2.75, 3.05) is 11.0 Å². The van der Waals surface area contributed by atoms with Gasteiger partial charge in [0, 0.05) is 4.90 Å². The largest absolute Gasteiger partial charge is 0.300 e. The van der Waals surface area contributed by atoms with Crippen LogP contribution in [0.1, 0.15) is 0 Å². The van der Waals surface area contributed by atoms with Gasteiger partial charge >= 0.3 is 0 Å². The number of hydrogen-bond acceptors (Lipinski definition) is 4. The summed E-state index contributed by atoms with van der Waals surface area (Å²) in [7, 11) is -3.68. The maximum atomic E-state index is 11.2. The third-order valence-corrected chi connectivity index (χ3v) is 3.61. The minimum absolute atomic E-state index is 0.195. The van der Waals surface area contributed by atoms with Crippen molar-refractivity contribution in [2.24, 2.45) is 5.14 Å². The van der Waals surface area contributed by atoms with Gasteiger partial charge in [0.05, 0.1) is 12.4 Å². The zero-order valence-electron chi connectivity index (χ0n) is 7.17. The highest BCUT2D eigenvalue weighted by atomic mass is 32.2. The van der Waals surface area contributed by atoms with Crippen molar-refractivity contribution in [3.8, 4) is 0 Å². The van der Waals surface area contributed by atoms with Gasteiger partial charge < -0.3 is 0 Å². The molecule has 1 aromatic carbocycles. The quantitative estimate of drug-likeness (QED) is 0.680. The van der Waals surface area contributed by atoms with E-state index in [-0.39, 0.29) is 6.67 Å². The molecule has 0 spiro atoms. The SMILES string of the molecule is NS(=O)(=O)N1CNSc2ccccc21. The third-order valence-electron chi connectivity index (χ3n) is 1.83. The summed E-state index contributed by atoms with van der Waals surface area (Å²) in [6.07, 6.45) is 0. The first-order valence-electron chi connectivity index (χ1n) is 3.88. The van der Waals surface area contributed by atoms with Crippen molar-refractivity contribution in [3.05, 3.63) is 24.3 Å². The number of para-hydroxylation sites is 1. The van der Waals surface area contributed by atoms with Crippen molar-refractivity contribution in [2.45, 2.75) is 4.90 Å². The zero-order valence-corrected chi connectivity index (χ0v) is 8.81. The van der Waals surface area contributed by atoms with Crippen molar-refractivity contribution >= 4 is 27.8 Å². The lowest BCUT2D eigenvalue weighted by Gasteiger charge is -2.28. The summed E-state index contributed by atoms with van der Waals surface area (Å²) >= 11 is 1.40. The number of nitrogens with zero attached hydrogens (tertiary/aromatic N) is 1. The predicted octanol–water partition coefficient (Wildman–Crippen LogP) is 0.264. The summed E-state index contributed by atoms with van der Waals surface area (Å²) in [5, 5.41) is 5.07. The van der Waals surface area contributed by atoms with Crippen LogP contribution in [0.3, 0.4) is 0 Å². The number of nitrogens with one attached hydrogen (secondary N) is 1. The van der Waals surface area contributed by atoms with Crippen molar-refractivity contribution in [3.63, 3.8) is 0 Å². The molecule has 0 atom stereocenters. The lowest BCUT2D eigenvalue weighted by atomic mass is 10.3. The van der Waals surface area contributed by atoms with E-state index in [1.54, 1.807) is 12.1 Å². The van der Waals surface area contributed by atoms with E-state index in [1.165, 1.54) is 11.9 Å². The summed E-state index contributed by atoms with van der Waals surface area (Å²) in [4.78, 5) is 0.854. The van der Waals surface area contributed by atoms with Crippen LogP contribution in [0.4, 0.5) is 5.69 Å². The van der Waals surface area contributed by atoms with E-state index in [4.69, 9.17) is 5.14 Å². The molecule has 0 aliphatic carbocycles. The van der Waals surface area contributed by atoms with Gasteiger partial charge in [-0.2, -0.15) is 8.42 Å². The summed E-state index contributed by atoms with van der Waals surface area (Å²) in [5.74, 6) is 0. The highest BCUT2D eigenvalue weighted by Crippen LogP contribution is 2.32. The fourth-order valence-electron chi connectivity index (χ4n) is 1.23. The lowest BCUT2D eigenvalue weighted by Crippen LogP contribution is -2.43. The Hall–Kier alpha value is -0.760. The molecule has 0 radical (unpaired) electrons. The molecule has 1 aliphatic heterocycles. The van der Waals surface area contributed by atoms with Gasteiger partial charge in [-0.1, -0.05) is 12.1 Å². The first-order valence-corrected chi connectivity index (χ1v) is 6.20. The molecule has 5 nitrogen and oxygen atoms in total. The van der Waals surface area contributed by atoms with Gasteiger partial charge in [0.2, 0.25) is 0 Å². The molecule has 0 saturated heterocycles. The number of anilines is 1. The second kappa shape index (κ2) is 3.43. The molecule has 0 fully saturated rings. The third kappa shape index (κ3) is 1.71. The highest BCUT2D eigenvalue weighted by Gasteiger charge is 2.24. The molecule has 1 heterocycles. The van der Waals surface area contributed by atoms with Crippen LogP contribution in [0.5, 0.6) is 0 Å². The molecule has 7 heteroatoms. The Bertz CT molecular complexity index is 446. The Balaban J connectivity index is 2.51. The van der Waals surface area contributed by atoms with Gasteiger partial charge in [-0.25, -0.2) is 14.2 Å². The molecule has 0 bridgehead atoms. The van der Waals surface area contributed by atoms with Crippen LogP contribution >= 0.6 is 11.9 Å². The van der Waals surface area contributed by atoms with Gasteiger partial charge in [-0.15, -0.1) is 0 Å². The number of hydrogen-bond donors (Lipinski definition) is 2. The summed E-state index contributed by atoms with van der Waals surface area (Å²) in [6, 6.07) is 7.20. The molecule has 76 valence electrons. The molecule has 14 heavy (non-hydrogen) atoms. The molecule has 0 saturated carbocycles. The lowest BCUT2D eigenvalue weighted by molar-refractivity contribution is 0.591. The van der Waals surface area contributed by atoms with E-state index in [0.717, 1.165) is 9.20 Å². The van der Waals surface area contributed by atoms with E-state index in [0.29, 0.717) is 5.69 Å². The number of rotatable bonds is 1. The monoisotopic (exact) mass is 231 g/mol. The first-order chi connectivity index (χ1) is 6.59. The molecular weight excluding hydrogens is 222 g/mol. The standard InChI is InChI=1S/C7H9N3O2S2/c8-14(11,12)10-5-9-13-7-4-2-1-3-6(7)10/h1-4,9H,5H2,(H2,8,11,12). The van der Waals surface area contributed by atoms with Crippen LogP contribution in [0.15, 0.2) is 29.2 Å². The van der Waals surface area contributed by atoms with Gasteiger partial charge in [0.1, 0.15) is 0 Å². The minimum Gasteiger partial charge on any atom is -0.242 e. The maximum absolute atomic E-state index is 11.2. The van der Waals surface area contributed by atoms with E-state index in [9.17, 15) is 8.42 Å². The molecule has 0 aromatic heterocycles. The molecule has 3 N–H and O–H groups in total. The van der Waals surface area contributed by atoms with Crippen molar-refractivity contribution < 1.29 is 8.42 Å². The van der Waals surface area contributed by atoms with Crippen LogP contribution in [0.2, 0.25) is 0 Å². The number of benzene rings is 1. The molecule has 0 unspecified atom stereocenters. The van der Waals surface area contributed by atoms with Gasteiger partial charge in [0.25, 0.3) is 10.2 Å². The van der Waals surface area contributed by atoms with Crippen molar-refractivity contribution in [1.29, 1.82) is 0 Å². The van der Waals surface area contributed by atoms with E-state index in [1.807, 2.05) is 12.1 Å². The first kappa shape index (κ1) is 9.78. The average Bonchev–Trinajstić information content (AvgIpc) is 2.15. The van der Waals surface area contributed by atoms with E-state index in [2.05, 4.69) is 4.72 Å². The number of nitrogens with two attached hydrogens (primary N) is 1. The summed E-state index contributed by atoms with van der Waals surface area (Å²) < 4.78 is 26.4. The second-order valence-electron chi connectivity index (χ2n) is 2.77. The fourth-order valence-corrected chi connectivity index (χ4v) is 2.83. The molecule has 2 rings (SSSR count). The average molecular weight is 231 g/mol. The van der Waals surface area contributed by atoms with Gasteiger partial charge in [0.15, 0.2) is 0 Å². The molecule has 0 amide bonds. The van der Waals surface area contributed by atoms with Crippen molar-refractivity contribution in [1.82, 2.24) is 4.72 Å². The zero-order chi connectivity index (χ0) is 10.2. The summed E-state index contributed by atoms with van der Waals surface area (Å²) in [6.45, 7) is 0.195. The molecule has 1 aromatic rings. The number of fused-ring (bicyclic) bond motifs is 1. The Morgan fingerprint density at radius 3 is 2.86 bits per heavy atom. The fraction of sp³-hybridized carbons (Fsp3) is 0.143. The summed E-state index contributed by atoms with van der Waals surface area (Å²) in [5.41, 5.74) is 0.624. The normalized spacial score (nSPS) is 16.5. The Labute approximate surface area is 86.6 Å². The second-order valence-corrected chi connectivity index (χ2v) is 5.17. The van der Waals surface area contributed by atoms with Crippen LogP contribution in [0, 0.1) is 0 Å². The van der Waals surface area contributed by atoms with Gasteiger partial charge in [-0.05, 0) is 24.1 Å². The Morgan fingerprint density at radius 2 is 2.14 bits per heavy atom. The predicted molar refractivity (Wildman–Crippen MR) is 55.9 cm³/mol. The van der Waals surface area contributed by atoms with Gasteiger partial charge in [-0.3, -0.25) is 0 Å². The minimum atomic E-state index is -3.68. The molecular formula is C7H9N3O2S2. The van der Waals surface area contributed by atoms with Crippen LogP contribution in [-0.2, 0) is 10.2 Å². The van der Waals surface area contributed by atoms with Crippen LogP contribution in [0.25, 0.3) is 0 Å². The Morgan fingerprint density at radius 1 is 1.43 bits per heavy atom. The van der Waals surface area contributed by atoms with E-state index < -0.39 is 10.2 Å².